The van der Waals surface area contributed by atoms with E-state index in [1.807, 2.05) is 4.57 Å². The van der Waals surface area contributed by atoms with Crippen molar-refractivity contribution in [3.8, 4) is 6.01 Å². The van der Waals surface area contributed by atoms with Gasteiger partial charge in [0, 0.05) is 13.2 Å². The van der Waals surface area contributed by atoms with Crippen LogP contribution in [0.15, 0.2) is 6.20 Å². The molecule has 2 aliphatic heterocycles. The monoisotopic (exact) mass is 238 g/mol. The fourth-order valence-corrected chi connectivity index (χ4v) is 2.60. The number of carboxylic acids is 1. The van der Waals surface area contributed by atoms with Crippen LogP contribution in [0.1, 0.15) is 18.5 Å². The minimum Gasteiger partial charge on any atom is -0.481 e. The minimum atomic E-state index is -0.864. The standard InChI is InChI=1S/C11H14N2O4/c14-9(15)11(1-4-16-5-2-11)8-7-12-10-13(8)3-6-17-10/h7H,1-6H2,(H,14,15). The third-order valence-corrected chi connectivity index (χ3v) is 3.61. The number of nitrogens with zero attached hydrogens (tertiary/aromatic N) is 2. The topological polar surface area (TPSA) is 73.6 Å². The summed E-state index contributed by atoms with van der Waals surface area (Å²) >= 11 is 0. The van der Waals surface area contributed by atoms with Gasteiger partial charge in [-0.05, 0) is 12.8 Å². The van der Waals surface area contributed by atoms with Gasteiger partial charge < -0.3 is 14.6 Å². The fraction of sp³-hybridized carbons (Fsp3) is 0.636. The Morgan fingerprint density at radius 2 is 2.18 bits per heavy atom. The molecule has 0 aromatic carbocycles. The van der Waals surface area contributed by atoms with Gasteiger partial charge in [0.15, 0.2) is 0 Å². The average Bonchev–Trinajstić information content (AvgIpc) is 2.91. The van der Waals surface area contributed by atoms with E-state index in [0.717, 1.165) is 5.69 Å². The second-order valence-electron chi connectivity index (χ2n) is 4.43. The number of rotatable bonds is 2. The van der Waals surface area contributed by atoms with Crippen molar-refractivity contribution in [3.63, 3.8) is 0 Å². The molecule has 6 heteroatoms. The molecule has 92 valence electrons. The summed E-state index contributed by atoms with van der Waals surface area (Å²) in [7, 11) is 0. The highest BCUT2D eigenvalue weighted by atomic mass is 16.5. The number of aliphatic carboxylic acids is 1. The smallest absolute Gasteiger partial charge is 0.315 e. The van der Waals surface area contributed by atoms with Crippen LogP contribution >= 0.6 is 0 Å². The first-order valence-corrected chi connectivity index (χ1v) is 5.74. The summed E-state index contributed by atoms with van der Waals surface area (Å²) in [5, 5.41) is 9.55. The maximum absolute atomic E-state index is 11.6. The second kappa shape index (κ2) is 3.73. The highest BCUT2D eigenvalue weighted by molar-refractivity contribution is 5.81. The lowest BCUT2D eigenvalue weighted by Gasteiger charge is -2.33. The quantitative estimate of drug-likeness (QED) is 0.807. The molecule has 3 heterocycles. The van der Waals surface area contributed by atoms with Crippen LogP contribution in [0, 0.1) is 0 Å². The molecule has 0 aliphatic carbocycles. The first-order valence-electron chi connectivity index (χ1n) is 5.74. The Balaban J connectivity index is 2.06. The van der Waals surface area contributed by atoms with E-state index >= 15 is 0 Å². The average molecular weight is 238 g/mol. The third-order valence-electron chi connectivity index (χ3n) is 3.61. The molecule has 6 nitrogen and oxygen atoms in total. The summed E-state index contributed by atoms with van der Waals surface area (Å²) in [5.41, 5.74) is -0.113. The summed E-state index contributed by atoms with van der Waals surface area (Å²) in [6, 6.07) is 0.534. The Labute approximate surface area is 98.2 Å². The summed E-state index contributed by atoms with van der Waals surface area (Å²) < 4.78 is 12.5. The molecule has 0 radical (unpaired) electrons. The summed E-state index contributed by atoms with van der Waals surface area (Å²) in [6.07, 6.45) is 2.62. The Hall–Kier alpha value is -1.56. The van der Waals surface area contributed by atoms with Crippen LogP contribution in [0.25, 0.3) is 0 Å². The number of hydrogen-bond acceptors (Lipinski definition) is 4. The summed E-state index contributed by atoms with van der Waals surface area (Å²) in [5.74, 6) is -0.796. The van der Waals surface area contributed by atoms with Crippen LogP contribution in [-0.2, 0) is 21.5 Å². The molecule has 0 bridgehead atoms. The molecule has 1 aromatic heterocycles. The van der Waals surface area contributed by atoms with Gasteiger partial charge in [0.1, 0.15) is 12.0 Å². The highest BCUT2D eigenvalue weighted by Gasteiger charge is 2.45. The Morgan fingerprint density at radius 3 is 2.88 bits per heavy atom. The van der Waals surface area contributed by atoms with Crippen LogP contribution in [0.5, 0.6) is 6.01 Å². The molecule has 0 amide bonds. The maximum atomic E-state index is 11.6. The second-order valence-corrected chi connectivity index (χ2v) is 4.43. The molecule has 2 aliphatic rings. The maximum Gasteiger partial charge on any atom is 0.315 e. The summed E-state index contributed by atoms with van der Waals surface area (Å²) in [6.45, 7) is 2.21. The van der Waals surface area contributed by atoms with Gasteiger partial charge in [-0.2, -0.15) is 0 Å². The Kier molecular flexibility index (Phi) is 2.32. The number of imidazole rings is 1. The van der Waals surface area contributed by atoms with Crippen molar-refractivity contribution in [2.75, 3.05) is 19.8 Å². The molecular weight excluding hydrogens is 224 g/mol. The molecule has 17 heavy (non-hydrogen) atoms. The van der Waals surface area contributed by atoms with E-state index in [-0.39, 0.29) is 0 Å². The largest absolute Gasteiger partial charge is 0.481 e. The predicted octanol–water partition coefficient (Wildman–Crippen LogP) is 0.408. The van der Waals surface area contributed by atoms with Crippen molar-refractivity contribution in [2.45, 2.75) is 24.8 Å². The molecule has 1 fully saturated rings. The normalized spacial score (nSPS) is 21.9. The van der Waals surface area contributed by atoms with Gasteiger partial charge in [-0.1, -0.05) is 0 Å². The molecule has 0 unspecified atom stereocenters. The van der Waals surface area contributed by atoms with Gasteiger partial charge in [0.2, 0.25) is 0 Å². The third kappa shape index (κ3) is 1.44. The predicted molar refractivity (Wildman–Crippen MR) is 57.1 cm³/mol. The first kappa shape index (κ1) is 10.6. The molecule has 1 N–H and O–H groups in total. The van der Waals surface area contributed by atoms with Crippen LogP contribution in [0.4, 0.5) is 0 Å². The van der Waals surface area contributed by atoms with Crippen molar-refractivity contribution in [2.24, 2.45) is 0 Å². The van der Waals surface area contributed by atoms with Crippen LogP contribution in [0.2, 0.25) is 0 Å². The lowest BCUT2D eigenvalue weighted by atomic mass is 9.77. The van der Waals surface area contributed by atoms with E-state index in [1.165, 1.54) is 0 Å². The number of carboxylic acid groups (broad SMARTS) is 1. The number of ether oxygens (including phenoxy) is 2. The van der Waals surface area contributed by atoms with Gasteiger partial charge in [-0.25, -0.2) is 4.98 Å². The van der Waals surface area contributed by atoms with Gasteiger partial charge >= 0.3 is 5.97 Å². The van der Waals surface area contributed by atoms with Crippen LogP contribution in [0.3, 0.4) is 0 Å². The SMILES string of the molecule is O=C(O)C1(c2cnc3n2CCO3)CCOCC1. The molecule has 0 saturated carbocycles. The van der Waals surface area contributed by atoms with E-state index in [9.17, 15) is 9.90 Å². The van der Waals surface area contributed by atoms with Crippen molar-refractivity contribution in [1.82, 2.24) is 9.55 Å². The summed E-state index contributed by atoms with van der Waals surface area (Å²) in [4.78, 5) is 15.8. The van der Waals surface area contributed by atoms with Gasteiger partial charge in [0.25, 0.3) is 6.01 Å². The van der Waals surface area contributed by atoms with Gasteiger partial charge in [-0.15, -0.1) is 0 Å². The number of carbonyl (C=O) groups is 1. The molecular formula is C11H14N2O4. The first-order chi connectivity index (χ1) is 8.24. The van der Waals surface area contributed by atoms with E-state index in [0.29, 0.717) is 45.2 Å². The number of aromatic nitrogens is 2. The van der Waals surface area contributed by atoms with Crippen molar-refractivity contribution < 1.29 is 19.4 Å². The van der Waals surface area contributed by atoms with Crippen molar-refractivity contribution in [1.29, 1.82) is 0 Å². The fourth-order valence-electron chi connectivity index (χ4n) is 2.60. The lowest BCUT2D eigenvalue weighted by Crippen LogP contribution is -2.42. The van der Waals surface area contributed by atoms with Gasteiger partial charge in [0.05, 0.1) is 18.4 Å². The zero-order valence-electron chi connectivity index (χ0n) is 9.39. The van der Waals surface area contributed by atoms with Crippen LogP contribution in [-0.4, -0.2) is 40.4 Å². The molecule has 0 spiro atoms. The van der Waals surface area contributed by atoms with E-state index in [1.54, 1.807) is 6.20 Å². The van der Waals surface area contributed by atoms with E-state index < -0.39 is 11.4 Å². The lowest BCUT2D eigenvalue weighted by molar-refractivity contribution is -0.148. The van der Waals surface area contributed by atoms with Gasteiger partial charge in [-0.3, -0.25) is 9.36 Å². The molecule has 1 saturated heterocycles. The molecule has 1 aromatic rings. The minimum absolute atomic E-state index is 0.480. The van der Waals surface area contributed by atoms with Crippen molar-refractivity contribution in [3.05, 3.63) is 11.9 Å². The number of hydrogen-bond donors (Lipinski definition) is 1. The number of fused-ring (bicyclic) bond motifs is 1. The zero-order chi connectivity index (χ0) is 11.9. The zero-order valence-corrected chi connectivity index (χ0v) is 9.39. The Bertz CT molecular complexity index is 448. The van der Waals surface area contributed by atoms with E-state index in [4.69, 9.17) is 9.47 Å². The highest BCUT2D eigenvalue weighted by Crippen LogP contribution is 2.37. The Morgan fingerprint density at radius 1 is 1.41 bits per heavy atom. The molecule has 3 rings (SSSR count). The van der Waals surface area contributed by atoms with Crippen molar-refractivity contribution >= 4 is 5.97 Å². The van der Waals surface area contributed by atoms with Crippen LogP contribution < -0.4 is 4.74 Å². The van der Waals surface area contributed by atoms with E-state index in [2.05, 4.69) is 4.98 Å². The molecule has 0 atom stereocenters.